The molecular formula is C17H16N6O5S. The van der Waals surface area contributed by atoms with E-state index in [0.717, 1.165) is 11.8 Å². The van der Waals surface area contributed by atoms with Gasteiger partial charge in [0.15, 0.2) is 0 Å². The Morgan fingerprint density at radius 2 is 2.00 bits per heavy atom. The lowest BCUT2D eigenvalue weighted by Crippen LogP contribution is -2.14. The van der Waals surface area contributed by atoms with Gasteiger partial charge in [-0.05, 0) is 40.4 Å². The molecule has 3 aromatic rings. The van der Waals surface area contributed by atoms with Gasteiger partial charge in [0.05, 0.1) is 30.4 Å². The third kappa shape index (κ3) is 4.43. The molecule has 1 N–H and O–H groups in total. The number of methoxy groups -OCH3 is 2. The third-order valence-electron chi connectivity index (χ3n) is 3.86. The normalized spacial score (nSPS) is 10.4. The van der Waals surface area contributed by atoms with Gasteiger partial charge in [-0.15, -0.1) is 5.10 Å². The number of nitro groups is 1. The zero-order chi connectivity index (χ0) is 21.0. The smallest absolute Gasteiger partial charge is 0.270 e. The highest BCUT2D eigenvalue weighted by Crippen LogP contribution is 2.33. The van der Waals surface area contributed by atoms with Gasteiger partial charge in [-0.3, -0.25) is 14.9 Å². The van der Waals surface area contributed by atoms with Crippen LogP contribution in [0, 0.1) is 10.1 Å². The van der Waals surface area contributed by atoms with Crippen molar-refractivity contribution in [1.82, 2.24) is 20.2 Å². The number of amides is 1. The lowest BCUT2D eigenvalue weighted by Gasteiger charge is -2.13. The molecule has 0 saturated carbocycles. The van der Waals surface area contributed by atoms with E-state index >= 15 is 0 Å². The van der Waals surface area contributed by atoms with Gasteiger partial charge in [-0.25, -0.2) is 4.68 Å². The maximum Gasteiger partial charge on any atom is 0.270 e. The van der Waals surface area contributed by atoms with Crippen LogP contribution in [-0.2, 0) is 7.05 Å². The number of hydrogen-bond donors (Lipinski definition) is 1. The third-order valence-corrected chi connectivity index (χ3v) is 4.96. The Bertz CT molecular complexity index is 1070. The van der Waals surface area contributed by atoms with Crippen molar-refractivity contribution in [1.29, 1.82) is 0 Å². The topological polar surface area (TPSA) is 134 Å². The SMILES string of the molecule is COc1ccc(NC(=O)c2cc([N+](=O)[O-])ccc2Sc2nnnn2C)c(OC)c1. The highest BCUT2D eigenvalue weighted by atomic mass is 32.2. The Labute approximate surface area is 169 Å². The van der Waals surface area contributed by atoms with Gasteiger partial charge in [0.2, 0.25) is 5.16 Å². The van der Waals surface area contributed by atoms with Crippen LogP contribution in [0.25, 0.3) is 0 Å². The van der Waals surface area contributed by atoms with Crippen molar-refractivity contribution in [3.8, 4) is 11.5 Å². The van der Waals surface area contributed by atoms with Crippen LogP contribution in [0.3, 0.4) is 0 Å². The summed E-state index contributed by atoms with van der Waals surface area (Å²) in [7, 11) is 4.62. The molecule has 0 spiro atoms. The number of non-ortho nitro benzene ring substituents is 1. The number of tetrazole rings is 1. The minimum absolute atomic E-state index is 0.102. The summed E-state index contributed by atoms with van der Waals surface area (Å²) in [6.45, 7) is 0. The van der Waals surface area contributed by atoms with Gasteiger partial charge in [0, 0.05) is 30.1 Å². The summed E-state index contributed by atoms with van der Waals surface area (Å²) in [5.74, 6) is 0.394. The van der Waals surface area contributed by atoms with E-state index in [1.165, 1.54) is 37.1 Å². The van der Waals surface area contributed by atoms with Crippen LogP contribution in [0.4, 0.5) is 11.4 Å². The van der Waals surface area contributed by atoms with Crippen molar-refractivity contribution in [2.24, 2.45) is 7.05 Å². The lowest BCUT2D eigenvalue weighted by molar-refractivity contribution is -0.384. The number of aryl methyl sites for hydroxylation is 1. The zero-order valence-electron chi connectivity index (χ0n) is 15.6. The summed E-state index contributed by atoms with van der Waals surface area (Å²) < 4.78 is 11.9. The molecule has 3 rings (SSSR count). The molecule has 12 heteroatoms. The second-order valence-corrected chi connectivity index (χ2v) is 6.65. The first-order valence-electron chi connectivity index (χ1n) is 8.15. The molecule has 1 heterocycles. The second-order valence-electron chi connectivity index (χ2n) is 5.65. The maximum atomic E-state index is 13.0. The van der Waals surface area contributed by atoms with Crippen molar-refractivity contribution in [3.63, 3.8) is 0 Å². The summed E-state index contributed by atoms with van der Waals surface area (Å²) in [5, 5.41) is 25.5. The predicted molar refractivity (Wildman–Crippen MR) is 104 cm³/mol. The minimum atomic E-state index is -0.566. The molecule has 0 bridgehead atoms. The molecule has 0 radical (unpaired) electrons. The van der Waals surface area contributed by atoms with Gasteiger partial charge in [0.1, 0.15) is 11.5 Å². The van der Waals surface area contributed by atoms with E-state index < -0.39 is 10.8 Å². The zero-order valence-corrected chi connectivity index (χ0v) is 16.5. The number of nitro benzene ring substituents is 1. The number of rotatable bonds is 7. The van der Waals surface area contributed by atoms with E-state index in [4.69, 9.17) is 9.47 Å². The Kier molecular flexibility index (Phi) is 5.93. The van der Waals surface area contributed by atoms with Gasteiger partial charge >= 0.3 is 0 Å². The highest BCUT2D eigenvalue weighted by molar-refractivity contribution is 7.99. The molecule has 0 saturated heterocycles. The molecule has 0 aliphatic heterocycles. The number of nitrogens with one attached hydrogen (secondary N) is 1. The summed E-state index contributed by atoms with van der Waals surface area (Å²) >= 11 is 1.12. The lowest BCUT2D eigenvalue weighted by atomic mass is 10.1. The Morgan fingerprint density at radius 3 is 2.62 bits per heavy atom. The Balaban J connectivity index is 1.97. The van der Waals surface area contributed by atoms with Crippen LogP contribution >= 0.6 is 11.8 Å². The number of ether oxygens (including phenoxy) is 2. The number of carbonyl (C=O) groups is 1. The first kappa shape index (κ1) is 20.1. The quantitative estimate of drug-likeness (QED) is 0.455. The number of benzene rings is 2. The molecule has 11 nitrogen and oxygen atoms in total. The number of aromatic nitrogens is 4. The van der Waals surface area contributed by atoms with E-state index in [1.807, 2.05) is 0 Å². The molecule has 0 fully saturated rings. The summed E-state index contributed by atoms with van der Waals surface area (Å²) in [5.41, 5.74) is 0.281. The average Bonchev–Trinajstić information content (AvgIpc) is 3.12. The molecule has 150 valence electrons. The van der Waals surface area contributed by atoms with Crippen molar-refractivity contribution >= 4 is 29.0 Å². The van der Waals surface area contributed by atoms with E-state index in [-0.39, 0.29) is 11.3 Å². The largest absolute Gasteiger partial charge is 0.497 e. The Morgan fingerprint density at radius 1 is 1.21 bits per heavy atom. The summed E-state index contributed by atoms with van der Waals surface area (Å²) in [4.78, 5) is 24.0. The van der Waals surface area contributed by atoms with Crippen LogP contribution in [0.5, 0.6) is 11.5 Å². The van der Waals surface area contributed by atoms with Crippen LogP contribution in [0.15, 0.2) is 46.5 Å². The predicted octanol–water partition coefficient (Wildman–Crippen LogP) is 2.54. The molecule has 2 aromatic carbocycles. The number of anilines is 1. The first-order chi connectivity index (χ1) is 13.9. The molecule has 1 aromatic heterocycles. The monoisotopic (exact) mass is 416 g/mol. The van der Waals surface area contributed by atoms with Gasteiger partial charge < -0.3 is 14.8 Å². The number of carbonyl (C=O) groups excluding carboxylic acids is 1. The fourth-order valence-corrected chi connectivity index (χ4v) is 3.24. The van der Waals surface area contributed by atoms with Crippen LogP contribution in [0.1, 0.15) is 10.4 Å². The van der Waals surface area contributed by atoms with Gasteiger partial charge in [0.25, 0.3) is 11.6 Å². The van der Waals surface area contributed by atoms with Crippen molar-refractivity contribution in [2.75, 3.05) is 19.5 Å². The molecule has 0 unspecified atom stereocenters. The van der Waals surface area contributed by atoms with Gasteiger partial charge in [-0.1, -0.05) is 0 Å². The highest BCUT2D eigenvalue weighted by Gasteiger charge is 2.20. The second kappa shape index (κ2) is 8.56. The van der Waals surface area contributed by atoms with Gasteiger partial charge in [-0.2, -0.15) is 0 Å². The van der Waals surface area contributed by atoms with Crippen LogP contribution in [0.2, 0.25) is 0 Å². The molecule has 0 aliphatic carbocycles. The molecule has 29 heavy (non-hydrogen) atoms. The Hall–Kier alpha value is -3.67. The molecule has 0 atom stereocenters. The van der Waals surface area contributed by atoms with E-state index in [1.54, 1.807) is 25.2 Å². The van der Waals surface area contributed by atoms with Crippen molar-refractivity contribution < 1.29 is 19.2 Å². The summed E-state index contributed by atoms with van der Waals surface area (Å²) in [6, 6.07) is 8.90. The van der Waals surface area contributed by atoms with E-state index in [0.29, 0.717) is 27.2 Å². The van der Waals surface area contributed by atoms with Crippen molar-refractivity contribution in [2.45, 2.75) is 10.1 Å². The van der Waals surface area contributed by atoms with E-state index in [9.17, 15) is 14.9 Å². The minimum Gasteiger partial charge on any atom is -0.497 e. The number of nitrogens with zero attached hydrogens (tertiary/aromatic N) is 5. The summed E-state index contributed by atoms with van der Waals surface area (Å²) in [6.07, 6.45) is 0. The fraction of sp³-hybridized carbons (Fsp3) is 0.176. The molecule has 1 amide bonds. The van der Waals surface area contributed by atoms with Crippen LogP contribution < -0.4 is 14.8 Å². The standard InChI is InChI=1S/C17H16N6O5S/c1-22-17(19-20-21-22)29-15-7-4-10(23(25)26)8-12(15)16(24)18-13-6-5-11(27-2)9-14(13)28-3/h4-9H,1-3H3,(H,18,24). The first-order valence-corrected chi connectivity index (χ1v) is 8.96. The van der Waals surface area contributed by atoms with E-state index in [2.05, 4.69) is 20.8 Å². The van der Waals surface area contributed by atoms with Crippen molar-refractivity contribution in [3.05, 3.63) is 52.1 Å². The maximum absolute atomic E-state index is 13.0. The molecule has 0 aliphatic rings. The average molecular weight is 416 g/mol. The number of hydrogen-bond acceptors (Lipinski definition) is 9. The van der Waals surface area contributed by atoms with Crippen LogP contribution in [-0.4, -0.2) is 45.3 Å². The molecular weight excluding hydrogens is 400 g/mol. The fourth-order valence-electron chi connectivity index (χ4n) is 2.40.